The Labute approximate surface area is 100 Å². The summed E-state index contributed by atoms with van der Waals surface area (Å²) in [6, 6.07) is 0. The molecule has 0 unspecified atom stereocenters. The quantitative estimate of drug-likeness (QED) is 0.344. The molecule has 1 aromatic rings. The normalized spacial score (nSPS) is 19.6. The Morgan fingerprint density at radius 2 is 1.89 bits per heavy atom. The van der Waals surface area contributed by atoms with Crippen molar-refractivity contribution in [3.8, 4) is 0 Å². The van der Waals surface area contributed by atoms with Crippen molar-refractivity contribution in [2.45, 2.75) is 24.3 Å². The lowest BCUT2D eigenvalue weighted by molar-refractivity contribution is -0.127. The Kier molecular flexibility index (Phi) is 2.93. The van der Waals surface area contributed by atoms with Gasteiger partial charge in [0.15, 0.2) is 0 Å². The van der Waals surface area contributed by atoms with E-state index in [2.05, 4.69) is 20.0 Å². The number of alkyl halides is 2. The summed E-state index contributed by atoms with van der Waals surface area (Å²) in [5.41, 5.74) is 7.00. The van der Waals surface area contributed by atoms with Crippen LogP contribution in [-0.4, -0.2) is 33.1 Å². The minimum absolute atomic E-state index is 0.0286. The molecule has 7 nitrogen and oxygen atoms in total. The zero-order valence-electron chi connectivity index (χ0n) is 9.03. The van der Waals surface area contributed by atoms with Crippen LogP contribution in [0.25, 0.3) is 10.4 Å². The van der Waals surface area contributed by atoms with E-state index >= 15 is 0 Å². The summed E-state index contributed by atoms with van der Waals surface area (Å²) in [6.07, 6.45) is 0.895. The third kappa shape index (κ3) is 2.13. The Balaban J connectivity index is 2.31. The van der Waals surface area contributed by atoms with Gasteiger partial charge in [-0.05, 0) is 5.53 Å². The fourth-order valence-corrected chi connectivity index (χ4v) is 1.87. The van der Waals surface area contributed by atoms with E-state index in [1.165, 1.54) is 0 Å². The summed E-state index contributed by atoms with van der Waals surface area (Å²) in [4.78, 5) is 10.0. The summed E-state index contributed by atoms with van der Waals surface area (Å²) in [6.45, 7) is 0. The molecule has 1 heterocycles. The average Bonchev–Trinajstić information content (AvgIpc) is 2.26. The van der Waals surface area contributed by atoms with Gasteiger partial charge in [0.2, 0.25) is 5.92 Å². The maximum absolute atomic E-state index is 12.9. The van der Waals surface area contributed by atoms with Crippen LogP contribution in [0.3, 0.4) is 0 Å². The first-order valence-electron chi connectivity index (χ1n) is 5.01. The molecule has 1 fully saturated rings. The standard InChI is InChI=1S/C8H8BF2N5O2/c10-8(11)3-7(4-8,15-16-12)6-13-1-5(2-14-6)9(17)18/h1-2,17-18H,3-4H2. The third-order valence-corrected chi connectivity index (χ3v) is 2.72. The maximum Gasteiger partial charge on any atom is 0.491 e. The van der Waals surface area contributed by atoms with Crippen LogP contribution in [0.1, 0.15) is 18.7 Å². The van der Waals surface area contributed by atoms with Gasteiger partial charge in [-0.3, -0.25) is 0 Å². The smallest absolute Gasteiger partial charge is 0.423 e. The molecule has 0 aliphatic heterocycles. The first-order valence-corrected chi connectivity index (χ1v) is 5.01. The lowest BCUT2D eigenvalue weighted by atomic mass is 9.73. The number of hydrogen-bond donors (Lipinski definition) is 2. The molecular weight excluding hydrogens is 247 g/mol. The van der Waals surface area contributed by atoms with Gasteiger partial charge >= 0.3 is 7.12 Å². The van der Waals surface area contributed by atoms with Crippen LogP contribution in [0.5, 0.6) is 0 Å². The van der Waals surface area contributed by atoms with Crippen LogP contribution in [0.4, 0.5) is 8.78 Å². The van der Waals surface area contributed by atoms with Crippen molar-refractivity contribution in [1.29, 1.82) is 0 Å². The fourth-order valence-electron chi connectivity index (χ4n) is 1.87. The SMILES string of the molecule is [N-]=[N+]=NC1(c2ncc(B(O)O)cn2)CC(F)(F)C1. The lowest BCUT2D eigenvalue weighted by Gasteiger charge is -2.42. The van der Waals surface area contributed by atoms with Gasteiger partial charge in [-0.25, -0.2) is 18.7 Å². The molecule has 0 amide bonds. The predicted octanol–water partition coefficient (Wildman–Crippen LogP) is 0.0911. The van der Waals surface area contributed by atoms with Crippen molar-refractivity contribution in [1.82, 2.24) is 9.97 Å². The van der Waals surface area contributed by atoms with Gasteiger partial charge in [-0.1, -0.05) is 5.11 Å². The zero-order chi connectivity index (χ0) is 13.4. The van der Waals surface area contributed by atoms with Crippen LogP contribution >= 0.6 is 0 Å². The molecule has 18 heavy (non-hydrogen) atoms. The minimum Gasteiger partial charge on any atom is -0.423 e. The lowest BCUT2D eigenvalue weighted by Crippen LogP contribution is -2.49. The van der Waals surface area contributed by atoms with Gasteiger partial charge in [0.25, 0.3) is 0 Å². The molecule has 0 aromatic carbocycles. The molecule has 0 spiro atoms. The second kappa shape index (κ2) is 4.16. The monoisotopic (exact) mass is 255 g/mol. The highest BCUT2D eigenvalue weighted by Crippen LogP contribution is 2.53. The Morgan fingerprint density at radius 1 is 1.33 bits per heavy atom. The van der Waals surface area contributed by atoms with E-state index in [1.807, 2.05) is 0 Å². The van der Waals surface area contributed by atoms with Crippen molar-refractivity contribution in [3.05, 3.63) is 28.7 Å². The summed E-state index contributed by atoms with van der Waals surface area (Å²) in [5, 5.41) is 21.0. The van der Waals surface area contributed by atoms with Crippen LogP contribution in [0, 0.1) is 0 Å². The third-order valence-electron chi connectivity index (χ3n) is 2.72. The largest absolute Gasteiger partial charge is 0.491 e. The number of halogens is 2. The van der Waals surface area contributed by atoms with E-state index in [0.29, 0.717) is 0 Å². The molecule has 94 valence electrons. The van der Waals surface area contributed by atoms with Crippen LogP contribution in [0.2, 0.25) is 0 Å². The van der Waals surface area contributed by atoms with Gasteiger partial charge in [-0.15, -0.1) is 0 Å². The number of nitrogens with zero attached hydrogens (tertiary/aromatic N) is 5. The van der Waals surface area contributed by atoms with Gasteiger partial charge < -0.3 is 10.0 Å². The predicted molar refractivity (Wildman–Crippen MR) is 56.9 cm³/mol. The first-order chi connectivity index (χ1) is 8.38. The Bertz CT molecular complexity index is 495. The number of rotatable bonds is 3. The van der Waals surface area contributed by atoms with Gasteiger partial charge in [0.05, 0.1) is 0 Å². The highest BCUT2D eigenvalue weighted by atomic mass is 19.3. The van der Waals surface area contributed by atoms with Gasteiger partial charge in [0.1, 0.15) is 11.4 Å². The van der Waals surface area contributed by atoms with Crippen molar-refractivity contribution in [3.63, 3.8) is 0 Å². The Hall–Kier alpha value is -1.77. The molecule has 10 heteroatoms. The van der Waals surface area contributed by atoms with Crippen molar-refractivity contribution in [2.75, 3.05) is 0 Å². The molecule has 0 atom stereocenters. The summed E-state index contributed by atoms with van der Waals surface area (Å²) in [5.74, 6) is -2.94. The Morgan fingerprint density at radius 3 is 2.28 bits per heavy atom. The second-order valence-electron chi connectivity index (χ2n) is 4.14. The first kappa shape index (κ1) is 12.7. The van der Waals surface area contributed by atoms with E-state index in [1.54, 1.807) is 0 Å². The molecule has 2 N–H and O–H groups in total. The van der Waals surface area contributed by atoms with E-state index in [-0.39, 0.29) is 11.3 Å². The molecule has 0 radical (unpaired) electrons. The topological polar surface area (TPSA) is 115 Å². The van der Waals surface area contributed by atoms with Crippen molar-refractivity contribution >= 4 is 12.6 Å². The highest BCUT2D eigenvalue weighted by Gasteiger charge is 2.59. The molecule has 0 bridgehead atoms. The highest BCUT2D eigenvalue weighted by molar-refractivity contribution is 6.58. The van der Waals surface area contributed by atoms with Crippen molar-refractivity contribution in [2.24, 2.45) is 5.11 Å². The number of hydrogen-bond acceptors (Lipinski definition) is 5. The van der Waals surface area contributed by atoms with Gasteiger partial charge in [0, 0.05) is 35.6 Å². The van der Waals surface area contributed by atoms with E-state index in [9.17, 15) is 8.78 Å². The second-order valence-corrected chi connectivity index (χ2v) is 4.14. The summed E-state index contributed by atoms with van der Waals surface area (Å²) in [7, 11) is -1.74. The van der Waals surface area contributed by atoms with E-state index in [0.717, 1.165) is 12.4 Å². The van der Waals surface area contributed by atoms with Crippen LogP contribution < -0.4 is 5.46 Å². The fraction of sp³-hybridized carbons (Fsp3) is 0.500. The maximum atomic E-state index is 12.9. The number of azide groups is 1. The average molecular weight is 255 g/mol. The summed E-state index contributed by atoms with van der Waals surface area (Å²) >= 11 is 0. The molecular formula is C8H8BF2N5O2. The molecule has 1 aliphatic carbocycles. The molecule has 1 aromatic heterocycles. The van der Waals surface area contributed by atoms with Gasteiger partial charge in [-0.2, -0.15) is 0 Å². The molecule has 1 saturated carbocycles. The van der Waals surface area contributed by atoms with Crippen LogP contribution in [0.15, 0.2) is 17.5 Å². The number of aromatic nitrogens is 2. The minimum atomic E-state index is -2.90. The summed E-state index contributed by atoms with van der Waals surface area (Å²) < 4.78 is 25.9. The van der Waals surface area contributed by atoms with E-state index in [4.69, 9.17) is 15.6 Å². The van der Waals surface area contributed by atoms with E-state index < -0.39 is 31.4 Å². The molecule has 1 aliphatic rings. The van der Waals surface area contributed by atoms with Crippen molar-refractivity contribution < 1.29 is 18.8 Å². The van der Waals surface area contributed by atoms with Crippen LogP contribution in [-0.2, 0) is 5.54 Å². The molecule has 0 saturated heterocycles. The molecule has 2 rings (SSSR count). The zero-order valence-corrected chi connectivity index (χ0v) is 9.03.